The first kappa shape index (κ1) is 26.6. The minimum Gasteiger partial charge on any atom is -0.387 e. The molecule has 36 heavy (non-hydrogen) atoms. The molecule has 9 nitrogen and oxygen atoms in total. The van der Waals surface area contributed by atoms with Crippen molar-refractivity contribution in [3.05, 3.63) is 67.4 Å². The van der Waals surface area contributed by atoms with Crippen LogP contribution in [-0.4, -0.2) is 54.2 Å². The van der Waals surface area contributed by atoms with Crippen LogP contribution in [0.15, 0.2) is 66.3 Å². The van der Waals surface area contributed by atoms with Crippen molar-refractivity contribution in [2.24, 2.45) is 21.6 Å². The van der Waals surface area contributed by atoms with E-state index >= 15 is 0 Å². The Morgan fingerprint density at radius 1 is 1.22 bits per heavy atom. The number of aromatic nitrogens is 2. The lowest BCUT2D eigenvalue weighted by atomic mass is 10.1. The Hall–Kier alpha value is -3.98. The van der Waals surface area contributed by atoms with E-state index in [9.17, 15) is 0 Å². The molecule has 0 saturated heterocycles. The number of nitrogens with two attached hydrogens (primary N) is 1. The predicted molar refractivity (Wildman–Crippen MR) is 153 cm³/mol. The minimum absolute atomic E-state index is 0.0603. The SMILES string of the molecule is C=CCNC(=C)c1ccc(Nc2cc(NC)c(C3=NC(C(C=C)CCN)=NC3)cn2)nc1NC(C)C. The molecule has 0 amide bonds. The first-order valence-electron chi connectivity index (χ1n) is 12.1. The molecule has 3 heterocycles. The van der Waals surface area contributed by atoms with Crippen molar-refractivity contribution in [1.82, 2.24) is 15.3 Å². The largest absolute Gasteiger partial charge is 0.387 e. The molecule has 6 N–H and O–H groups in total. The van der Waals surface area contributed by atoms with E-state index in [2.05, 4.69) is 64.8 Å². The molecule has 0 spiro atoms. The average molecular weight is 488 g/mol. The van der Waals surface area contributed by atoms with Gasteiger partial charge in [-0.2, -0.15) is 0 Å². The van der Waals surface area contributed by atoms with Gasteiger partial charge in [-0.1, -0.05) is 18.7 Å². The van der Waals surface area contributed by atoms with Crippen LogP contribution in [0, 0.1) is 5.92 Å². The van der Waals surface area contributed by atoms with E-state index in [-0.39, 0.29) is 12.0 Å². The molecule has 2 aromatic rings. The fourth-order valence-electron chi connectivity index (χ4n) is 3.78. The second-order valence-electron chi connectivity index (χ2n) is 8.68. The number of rotatable bonds is 14. The number of anilines is 4. The summed E-state index contributed by atoms with van der Waals surface area (Å²) >= 11 is 0. The number of hydrogen-bond acceptors (Lipinski definition) is 9. The molecule has 0 aromatic carbocycles. The molecule has 0 fully saturated rings. The number of amidine groups is 1. The zero-order valence-corrected chi connectivity index (χ0v) is 21.4. The van der Waals surface area contributed by atoms with Crippen LogP contribution in [-0.2, 0) is 0 Å². The summed E-state index contributed by atoms with van der Waals surface area (Å²) in [5, 5.41) is 13.2. The molecule has 2 aromatic heterocycles. The van der Waals surface area contributed by atoms with Crippen LogP contribution >= 0.6 is 0 Å². The highest BCUT2D eigenvalue weighted by molar-refractivity contribution is 6.15. The quantitative estimate of drug-likeness (QED) is 0.253. The van der Waals surface area contributed by atoms with E-state index in [0.717, 1.165) is 46.3 Å². The maximum Gasteiger partial charge on any atom is 0.137 e. The number of hydrogen-bond donors (Lipinski definition) is 5. The first-order valence-corrected chi connectivity index (χ1v) is 12.1. The van der Waals surface area contributed by atoms with Crippen molar-refractivity contribution in [3.8, 4) is 0 Å². The molecule has 1 aliphatic heterocycles. The summed E-state index contributed by atoms with van der Waals surface area (Å²) in [7, 11) is 1.88. The maximum atomic E-state index is 5.72. The smallest absolute Gasteiger partial charge is 0.137 e. The van der Waals surface area contributed by atoms with E-state index < -0.39 is 0 Å². The van der Waals surface area contributed by atoms with Gasteiger partial charge in [-0.3, -0.25) is 4.99 Å². The lowest BCUT2D eigenvalue weighted by Gasteiger charge is -2.18. The summed E-state index contributed by atoms with van der Waals surface area (Å²) in [6.45, 7) is 17.6. The van der Waals surface area contributed by atoms with Crippen LogP contribution in [0.1, 0.15) is 31.4 Å². The normalized spacial score (nSPS) is 13.5. The summed E-state index contributed by atoms with van der Waals surface area (Å²) in [6, 6.07) is 6.03. The van der Waals surface area contributed by atoms with Crippen LogP contribution in [0.25, 0.3) is 5.70 Å². The second-order valence-corrected chi connectivity index (χ2v) is 8.68. The molecule has 190 valence electrons. The van der Waals surface area contributed by atoms with Crippen LogP contribution < -0.4 is 27.0 Å². The molecule has 0 saturated carbocycles. The van der Waals surface area contributed by atoms with Gasteiger partial charge < -0.3 is 27.0 Å². The predicted octanol–water partition coefficient (Wildman–Crippen LogP) is 4.18. The Morgan fingerprint density at radius 3 is 2.69 bits per heavy atom. The Bertz CT molecular complexity index is 1160. The Kier molecular flexibility index (Phi) is 9.35. The highest BCUT2D eigenvalue weighted by atomic mass is 15.1. The van der Waals surface area contributed by atoms with E-state index in [0.29, 0.717) is 31.3 Å². The molecular formula is C27H37N9. The van der Waals surface area contributed by atoms with Gasteiger partial charge in [0.1, 0.15) is 23.3 Å². The third-order valence-electron chi connectivity index (χ3n) is 5.58. The van der Waals surface area contributed by atoms with Gasteiger partial charge in [-0.15, -0.1) is 13.2 Å². The fourth-order valence-corrected chi connectivity index (χ4v) is 3.78. The Labute approximate surface area is 213 Å². The van der Waals surface area contributed by atoms with E-state index in [1.165, 1.54) is 0 Å². The van der Waals surface area contributed by atoms with Crippen LogP contribution in [0.4, 0.5) is 23.1 Å². The van der Waals surface area contributed by atoms with E-state index in [1.54, 1.807) is 12.3 Å². The monoisotopic (exact) mass is 487 g/mol. The summed E-state index contributed by atoms with van der Waals surface area (Å²) < 4.78 is 0. The number of pyridine rings is 2. The van der Waals surface area contributed by atoms with Gasteiger partial charge in [0, 0.05) is 60.3 Å². The average Bonchev–Trinajstić information content (AvgIpc) is 3.35. The van der Waals surface area contributed by atoms with Crippen molar-refractivity contribution < 1.29 is 0 Å². The van der Waals surface area contributed by atoms with Crippen molar-refractivity contribution in [2.45, 2.75) is 26.3 Å². The fraction of sp³-hybridized carbons (Fsp3) is 0.333. The zero-order valence-electron chi connectivity index (χ0n) is 21.4. The molecule has 1 atom stereocenters. The summed E-state index contributed by atoms with van der Waals surface area (Å²) in [4.78, 5) is 18.8. The Morgan fingerprint density at radius 2 is 2.03 bits per heavy atom. The second kappa shape index (κ2) is 12.6. The van der Waals surface area contributed by atoms with Gasteiger partial charge in [0.25, 0.3) is 0 Å². The lowest BCUT2D eigenvalue weighted by Crippen LogP contribution is -2.17. The molecule has 0 radical (unpaired) electrons. The summed E-state index contributed by atoms with van der Waals surface area (Å²) in [5.41, 5.74) is 10.1. The molecule has 1 aliphatic rings. The van der Waals surface area contributed by atoms with Gasteiger partial charge in [-0.05, 0) is 38.9 Å². The van der Waals surface area contributed by atoms with Crippen LogP contribution in [0.5, 0.6) is 0 Å². The molecule has 0 bridgehead atoms. The van der Waals surface area contributed by atoms with Gasteiger partial charge in [0.2, 0.25) is 0 Å². The topological polar surface area (TPSA) is 125 Å². The third-order valence-corrected chi connectivity index (χ3v) is 5.58. The van der Waals surface area contributed by atoms with Gasteiger partial charge in [0.15, 0.2) is 0 Å². The van der Waals surface area contributed by atoms with Crippen LogP contribution in [0.2, 0.25) is 0 Å². The lowest BCUT2D eigenvalue weighted by molar-refractivity contribution is 0.749. The van der Waals surface area contributed by atoms with Gasteiger partial charge in [-0.25, -0.2) is 15.0 Å². The zero-order chi connectivity index (χ0) is 26.1. The highest BCUT2D eigenvalue weighted by Crippen LogP contribution is 2.27. The maximum absolute atomic E-state index is 5.72. The first-order chi connectivity index (χ1) is 17.4. The van der Waals surface area contributed by atoms with Crippen molar-refractivity contribution in [3.63, 3.8) is 0 Å². The number of nitrogens with zero attached hydrogens (tertiary/aromatic N) is 4. The van der Waals surface area contributed by atoms with Crippen molar-refractivity contribution in [2.75, 3.05) is 42.6 Å². The Balaban J connectivity index is 1.83. The van der Waals surface area contributed by atoms with E-state index in [4.69, 9.17) is 15.7 Å². The van der Waals surface area contributed by atoms with E-state index in [1.807, 2.05) is 31.3 Å². The number of aliphatic imine (C=N–C) groups is 2. The molecule has 3 rings (SSSR count). The summed E-state index contributed by atoms with van der Waals surface area (Å²) in [6.07, 6.45) is 6.23. The molecule has 0 aliphatic carbocycles. The van der Waals surface area contributed by atoms with Crippen molar-refractivity contribution >= 4 is 40.4 Å². The third kappa shape index (κ3) is 6.57. The van der Waals surface area contributed by atoms with Gasteiger partial charge >= 0.3 is 0 Å². The standard InChI is InChI=1S/C27H37N9/c1-7-13-30-18(5)20-9-10-24(36-27(20)33-17(3)4)35-25-14-22(29-6)21(15-31-25)23-16-32-26(34-23)19(8-2)11-12-28/h7-10,14-15,17,19,30H,1-2,5,11-13,16,28H2,3-4,6H3,(H3,29,31,33,35,36). The molecular weight excluding hydrogens is 450 g/mol. The molecule has 9 heteroatoms. The number of nitrogens with one attached hydrogen (secondary N) is 4. The van der Waals surface area contributed by atoms with Crippen molar-refractivity contribution in [1.29, 1.82) is 0 Å². The van der Waals surface area contributed by atoms with Crippen LogP contribution in [0.3, 0.4) is 0 Å². The highest BCUT2D eigenvalue weighted by Gasteiger charge is 2.20. The van der Waals surface area contributed by atoms with Gasteiger partial charge in [0.05, 0.1) is 12.3 Å². The molecule has 1 unspecified atom stereocenters. The minimum atomic E-state index is 0.0603. The summed E-state index contributed by atoms with van der Waals surface area (Å²) in [5.74, 6) is 2.90.